The molecule has 1 aliphatic rings. The van der Waals surface area contributed by atoms with Crippen LogP contribution in [-0.2, 0) is 0 Å². The first-order valence-corrected chi connectivity index (χ1v) is 9.59. The number of halogens is 1. The second-order valence-corrected chi connectivity index (χ2v) is 6.90. The zero-order chi connectivity index (χ0) is 18.1. The van der Waals surface area contributed by atoms with E-state index in [1.807, 2.05) is 7.05 Å². The number of benzene rings is 1. The number of likely N-dealkylation sites (tertiary alicyclic amines) is 1. The Hall–Kier alpha value is -0.860. The number of likely N-dealkylation sites (N-methyl/N-ethyl adjacent to an activating group) is 1. The SMILES string of the molecule is CCN(CC)C(CNC(=NC)NCC1CCN(C)C1)c1ccccc1.I. The summed E-state index contributed by atoms with van der Waals surface area (Å²) in [6.45, 7) is 10.8. The zero-order valence-electron chi connectivity index (χ0n) is 16.7. The normalized spacial score (nSPS) is 19.3. The van der Waals surface area contributed by atoms with Gasteiger partial charge in [0, 0.05) is 26.7 Å². The van der Waals surface area contributed by atoms with E-state index in [1.165, 1.54) is 25.1 Å². The van der Waals surface area contributed by atoms with Crippen molar-refractivity contribution in [1.29, 1.82) is 0 Å². The lowest BCUT2D eigenvalue weighted by Gasteiger charge is -2.31. The summed E-state index contributed by atoms with van der Waals surface area (Å²) in [5, 5.41) is 7.04. The van der Waals surface area contributed by atoms with E-state index < -0.39 is 0 Å². The van der Waals surface area contributed by atoms with Crippen LogP contribution >= 0.6 is 24.0 Å². The number of aliphatic imine (C=N–C) groups is 1. The molecule has 6 heteroatoms. The Balaban J connectivity index is 0.00000338. The third kappa shape index (κ3) is 7.04. The van der Waals surface area contributed by atoms with Crippen molar-refractivity contribution in [1.82, 2.24) is 20.4 Å². The Labute approximate surface area is 176 Å². The van der Waals surface area contributed by atoms with Crippen molar-refractivity contribution in [3.05, 3.63) is 35.9 Å². The minimum atomic E-state index is 0. The van der Waals surface area contributed by atoms with E-state index in [0.29, 0.717) is 6.04 Å². The molecule has 0 spiro atoms. The number of hydrogen-bond acceptors (Lipinski definition) is 3. The standard InChI is InChI=1S/C20H35N5.HI/c1-5-25(6-2)19(18-10-8-7-9-11-18)15-23-20(21-3)22-14-17-12-13-24(4)16-17;/h7-11,17,19H,5-6,12-16H2,1-4H3,(H2,21,22,23);1H. The average molecular weight is 473 g/mol. The van der Waals surface area contributed by atoms with Crippen LogP contribution in [0.2, 0.25) is 0 Å². The van der Waals surface area contributed by atoms with E-state index in [9.17, 15) is 0 Å². The van der Waals surface area contributed by atoms with Crippen molar-refractivity contribution in [2.75, 3.05) is 53.4 Å². The molecule has 2 atom stereocenters. The quantitative estimate of drug-likeness (QED) is 0.346. The van der Waals surface area contributed by atoms with Crippen LogP contribution in [0.25, 0.3) is 0 Å². The predicted octanol–water partition coefficient (Wildman–Crippen LogP) is 2.80. The minimum absolute atomic E-state index is 0. The Bertz CT molecular complexity index is 518. The van der Waals surface area contributed by atoms with Gasteiger partial charge in [0.25, 0.3) is 0 Å². The lowest BCUT2D eigenvalue weighted by molar-refractivity contribution is 0.219. The third-order valence-corrected chi connectivity index (χ3v) is 5.17. The van der Waals surface area contributed by atoms with Gasteiger partial charge in [0.05, 0.1) is 6.04 Å². The molecular weight excluding hydrogens is 437 g/mol. The summed E-state index contributed by atoms with van der Waals surface area (Å²) in [5.41, 5.74) is 1.35. The van der Waals surface area contributed by atoms with Gasteiger partial charge in [-0.1, -0.05) is 44.2 Å². The van der Waals surface area contributed by atoms with E-state index in [2.05, 4.69) is 76.7 Å². The molecule has 2 rings (SSSR count). The second kappa shape index (κ2) is 12.5. The van der Waals surface area contributed by atoms with Gasteiger partial charge in [-0.15, -0.1) is 24.0 Å². The largest absolute Gasteiger partial charge is 0.356 e. The molecule has 0 saturated carbocycles. The number of guanidine groups is 1. The molecule has 2 N–H and O–H groups in total. The molecule has 1 aromatic rings. The number of rotatable bonds is 8. The van der Waals surface area contributed by atoms with Gasteiger partial charge in [-0.3, -0.25) is 9.89 Å². The molecule has 0 radical (unpaired) electrons. The first kappa shape index (κ1) is 23.2. The number of hydrogen-bond donors (Lipinski definition) is 2. The maximum absolute atomic E-state index is 4.41. The lowest BCUT2D eigenvalue weighted by atomic mass is 10.1. The maximum Gasteiger partial charge on any atom is 0.191 e. The van der Waals surface area contributed by atoms with Crippen molar-refractivity contribution in [3.8, 4) is 0 Å². The van der Waals surface area contributed by atoms with Gasteiger partial charge >= 0.3 is 0 Å². The molecule has 0 bridgehead atoms. The van der Waals surface area contributed by atoms with Gasteiger partial charge in [-0.25, -0.2) is 0 Å². The Morgan fingerprint density at radius 2 is 1.92 bits per heavy atom. The molecule has 0 aliphatic carbocycles. The van der Waals surface area contributed by atoms with Crippen LogP contribution in [0.3, 0.4) is 0 Å². The van der Waals surface area contributed by atoms with Crippen LogP contribution in [0.15, 0.2) is 35.3 Å². The molecular formula is C20H36IN5. The zero-order valence-corrected chi connectivity index (χ0v) is 19.1. The maximum atomic E-state index is 4.41. The molecule has 26 heavy (non-hydrogen) atoms. The van der Waals surface area contributed by atoms with Crippen molar-refractivity contribution in [3.63, 3.8) is 0 Å². The minimum Gasteiger partial charge on any atom is -0.356 e. The van der Waals surface area contributed by atoms with Crippen LogP contribution in [0.1, 0.15) is 31.9 Å². The highest BCUT2D eigenvalue weighted by molar-refractivity contribution is 14.0. The highest BCUT2D eigenvalue weighted by Gasteiger charge is 2.20. The van der Waals surface area contributed by atoms with Crippen molar-refractivity contribution < 1.29 is 0 Å². The molecule has 0 amide bonds. The summed E-state index contributed by atoms with van der Waals surface area (Å²) in [6.07, 6.45) is 1.27. The summed E-state index contributed by atoms with van der Waals surface area (Å²) in [7, 11) is 4.05. The van der Waals surface area contributed by atoms with Crippen molar-refractivity contribution in [2.45, 2.75) is 26.3 Å². The molecule has 1 saturated heterocycles. The number of nitrogens with zero attached hydrogens (tertiary/aromatic N) is 3. The molecule has 0 aromatic heterocycles. The fraction of sp³-hybridized carbons (Fsp3) is 0.650. The van der Waals surface area contributed by atoms with Gasteiger partial charge in [0.2, 0.25) is 0 Å². The van der Waals surface area contributed by atoms with Crippen LogP contribution in [-0.4, -0.2) is 69.1 Å². The van der Waals surface area contributed by atoms with E-state index >= 15 is 0 Å². The summed E-state index contributed by atoms with van der Waals surface area (Å²) in [6, 6.07) is 11.1. The Morgan fingerprint density at radius 3 is 2.46 bits per heavy atom. The fourth-order valence-electron chi connectivity index (χ4n) is 3.65. The second-order valence-electron chi connectivity index (χ2n) is 6.90. The van der Waals surface area contributed by atoms with Crippen LogP contribution in [0.4, 0.5) is 0 Å². The summed E-state index contributed by atoms with van der Waals surface area (Å²) in [5.74, 6) is 1.62. The summed E-state index contributed by atoms with van der Waals surface area (Å²) >= 11 is 0. The van der Waals surface area contributed by atoms with Gasteiger partial charge < -0.3 is 15.5 Å². The van der Waals surface area contributed by atoms with Gasteiger partial charge in [0.1, 0.15) is 0 Å². The Morgan fingerprint density at radius 1 is 1.23 bits per heavy atom. The molecule has 1 aliphatic heterocycles. The van der Waals surface area contributed by atoms with Gasteiger partial charge in [-0.2, -0.15) is 0 Å². The van der Waals surface area contributed by atoms with Crippen LogP contribution in [0, 0.1) is 5.92 Å². The highest BCUT2D eigenvalue weighted by Crippen LogP contribution is 2.19. The van der Waals surface area contributed by atoms with Gasteiger partial charge in [-0.05, 0) is 44.6 Å². The van der Waals surface area contributed by atoms with Crippen molar-refractivity contribution in [2.24, 2.45) is 10.9 Å². The molecule has 148 valence electrons. The molecule has 1 fully saturated rings. The fourth-order valence-corrected chi connectivity index (χ4v) is 3.65. The first-order valence-electron chi connectivity index (χ1n) is 9.59. The third-order valence-electron chi connectivity index (χ3n) is 5.17. The first-order chi connectivity index (χ1) is 12.2. The Kier molecular flexibility index (Phi) is 11.2. The van der Waals surface area contributed by atoms with E-state index in [0.717, 1.165) is 38.1 Å². The van der Waals surface area contributed by atoms with E-state index in [4.69, 9.17) is 0 Å². The topological polar surface area (TPSA) is 42.9 Å². The summed E-state index contributed by atoms with van der Waals surface area (Å²) < 4.78 is 0. The van der Waals surface area contributed by atoms with Crippen LogP contribution in [0.5, 0.6) is 0 Å². The number of nitrogens with one attached hydrogen (secondary N) is 2. The molecule has 1 heterocycles. The van der Waals surface area contributed by atoms with Crippen LogP contribution < -0.4 is 10.6 Å². The van der Waals surface area contributed by atoms with E-state index in [1.54, 1.807) is 0 Å². The van der Waals surface area contributed by atoms with E-state index in [-0.39, 0.29) is 24.0 Å². The summed E-state index contributed by atoms with van der Waals surface area (Å²) in [4.78, 5) is 9.29. The van der Waals surface area contributed by atoms with Gasteiger partial charge in [0.15, 0.2) is 5.96 Å². The highest BCUT2D eigenvalue weighted by atomic mass is 127. The smallest absolute Gasteiger partial charge is 0.191 e. The average Bonchev–Trinajstić information content (AvgIpc) is 3.07. The molecule has 2 unspecified atom stereocenters. The molecule has 5 nitrogen and oxygen atoms in total. The monoisotopic (exact) mass is 473 g/mol. The predicted molar refractivity (Wildman–Crippen MR) is 122 cm³/mol. The lowest BCUT2D eigenvalue weighted by Crippen LogP contribution is -2.44. The van der Waals surface area contributed by atoms with Crippen molar-refractivity contribution >= 4 is 29.9 Å². The molecule has 1 aromatic carbocycles.